The molecule has 0 aliphatic carbocycles. The van der Waals surface area contributed by atoms with Crippen LogP contribution < -0.4 is 0 Å². The van der Waals surface area contributed by atoms with Crippen LogP contribution in [-0.2, 0) is 14.4 Å². The third-order valence-electron chi connectivity index (χ3n) is 3.07. The van der Waals surface area contributed by atoms with Crippen molar-refractivity contribution < 1.29 is 19.5 Å². The van der Waals surface area contributed by atoms with Gasteiger partial charge in [0, 0.05) is 31.2 Å². The summed E-state index contributed by atoms with van der Waals surface area (Å²) in [6.07, 6.45) is 1.66. The zero-order valence-corrected chi connectivity index (χ0v) is 11.1. The average Bonchev–Trinajstić information content (AvgIpc) is 2.86. The van der Waals surface area contributed by atoms with Crippen molar-refractivity contribution in [2.75, 3.05) is 14.1 Å². The summed E-state index contributed by atoms with van der Waals surface area (Å²) in [6, 6.07) is 6.66. The minimum Gasteiger partial charge on any atom is -0.480 e. The minimum absolute atomic E-state index is 0.316. The molecule has 0 fully saturated rings. The Kier molecular flexibility index (Phi) is 3.56. The second kappa shape index (κ2) is 5.16. The van der Waals surface area contributed by atoms with Crippen molar-refractivity contribution in [1.29, 1.82) is 0 Å². The van der Waals surface area contributed by atoms with Gasteiger partial charge in [0.15, 0.2) is 5.92 Å². The molecule has 1 aromatic carbocycles. The first-order chi connectivity index (χ1) is 9.43. The summed E-state index contributed by atoms with van der Waals surface area (Å²) in [4.78, 5) is 39.3. The van der Waals surface area contributed by atoms with Gasteiger partial charge >= 0.3 is 5.97 Å². The van der Waals surface area contributed by atoms with Crippen molar-refractivity contribution in [3.05, 3.63) is 36.0 Å². The van der Waals surface area contributed by atoms with Crippen LogP contribution in [0.4, 0.5) is 0 Å². The Bertz CT molecular complexity index is 687. The molecule has 20 heavy (non-hydrogen) atoms. The maximum atomic E-state index is 12.1. The number of Topliss-reactive ketones (excluding diaryl/α,β-unsaturated/α-hetero) is 1. The molecule has 2 N–H and O–H groups in total. The molecular formula is C14H14N2O4. The number of carboxylic acids is 1. The normalized spacial score (nSPS) is 12.1. The number of rotatable bonds is 4. The highest BCUT2D eigenvalue weighted by molar-refractivity contribution is 6.42. The first-order valence-corrected chi connectivity index (χ1v) is 5.97. The average molecular weight is 274 g/mol. The van der Waals surface area contributed by atoms with Crippen LogP contribution in [0.2, 0.25) is 0 Å². The van der Waals surface area contributed by atoms with Gasteiger partial charge in [-0.15, -0.1) is 0 Å². The SMILES string of the molecule is CN(C)C(=O)C(=O)C(C(=O)O)c1cccc2[nH]ccc12. The van der Waals surface area contributed by atoms with Gasteiger partial charge in [-0.1, -0.05) is 12.1 Å². The Morgan fingerprint density at radius 2 is 1.90 bits per heavy atom. The molecule has 1 unspecified atom stereocenters. The number of H-pyrrole nitrogens is 1. The molecule has 1 heterocycles. The third-order valence-corrected chi connectivity index (χ3v) is 3.07. The molecule has 2 aromatic rings. The van der Waals surface area contributed by atoms with E-state index in [4.69, 9.17) is 0 Å². The molecule has 0 spiro atoms. The van der Waals surface area contributed by atoms with Crippen molar-refractivity contribution in [2.45, 2.75) is 5.92 Å². The van der Waals surface area contributed by atoms with Crippen LogP contribution in [0.1, 0.15) is 11.5 Å². The molecule has 1 aromatic heterocycles. The summed E-state index contributed by atoms with van der Waals surface area (Å²) >= 11 is 0. The van der Waals surface area contributed by atoms with E-state index in [1.807, 2.05) is 0 Å². The molecule has 0 bridgehead atoms. The standard InChI is InChI=1S/C14H14N2O4/c1-16(2)13(18)12(17)11(14(19)20)9-4-3-5-10-8(9)6-7-15-10/h3-7,11,15H,1-2H3,(H,19,20). The highest BCUT2D eigenvalue weighted by atomic mass is 16.4. The summed E-state index contributed by atoms with van der Waals surface area (Å²) in [5, 5.41) is 9.95. The van der Waals surface area contributed by atoms with Gasteiger partial charge in [0.1, 0.15) is 0 Å². The second-order valence-corrected chi connectivity index (χ2v) is 4.62. The summed E-state index contributed by atoms with van der Waals surface area (Å²) in [5.41, 5.74) is 1.04. The number of benzene rings is 1. The largest absolute Gasteiger partial charge is 0.480 e. The van der Waals surface area contributed by atoms with Crippen molar-refractivity contribution in [3.8, 4) is 0 Å². The van der Waals surface area contributed by atoms with Gasteiger partial charge in [0.05, 0.1) is 0 Å². The fraction of sp³-hybridized carbons (Fsp3) is 0.214. The maximum absolute atomic E-state index is 12.1. The van der Waals surface area contributed by atoms with E-state index in [2.05, 4.69) is 4.98 Å². The van der Waals surface area contributed by atoms with Gasteiger partial charge in [-0.05, 0) is 17.7 Å². The second-order valence-electron chi connectivity index (χ2n) is 4.62. The van der Waals surface area contributed by atoms with Crippen LogP contribution >= 0.6 is 0 Å². The quantitative estimate of drug-likeness (QED) is 0.642. The lowest BCUT2D eigenvalue weighted by molar-refractivity contribution is -0.150. The predicted octanol–water partition coefficient (Wildman–Crippen LogP) is 0.993. The van der Waals surface area contributed by atoms with Crippen LogP contribution in [-0.4, -0.2) is 46.7 Å². The molecule has 104 valence electrons. The summed E-state index contributed by atoms with van der Waals surface area (Å²) in [5.74, 6) is -4.61. The number of carbonyl (C=O) groups is 3. The number of ketones is 1. The van der Waals surface area contributed by atoms with E-state index in [9.17, 15) is 19.5 Å². The van der Waals surface area contributed by atoms with Crippen LogP contribution in [0.25, 0.3) is 10.9 Å². The molecule has 0 radical (unpaired) electrons. The Labute approximate surface area is 115 Å². The van der Waals surface area contributed by atoms with E-state index in [-0.39, 0.29) is 0 Å². The predicted molar refractivity (Wildman–Crippen MR) is 72.4 cm³/mol. The monoisotopic (exact) mass is 274 g/mol. The first-order valence-electron chi connectivity index (χ1n) is 5.97. The Hall–Kier alpha value is -2.63. The fourth-order valence-corrected chi connectivity index (χ4v) is 2.09. The number of hydrogen-bond acceptors (Lipinski definition) is 3. The number of carbonyl (C=O) groups excluding carboxylic acids is 2. The van der Waals surface area contributed by atoms with Gasteiger partial charge in [-0.3, -0.25) is 14.4 Å². The Morgan fingerprint density at radius 1 is 1.20 bits per heavy atom. The van der Waals surface area contributed by atoms with Crippen LogP contribution in [0.15, 0.2) is 30.5 Å². The summed E-state index contributed by atoms with van der Waals surface area (Å²) in [6.45, 7) is 0. The van der Waals surface area contributed by atoms with Crippen molar-refractivity contribution >= 4 is 28.6 Å². The van der Waals surface area contributed by atoms with E-state index in [1.54, 1.807) is 30.5 Å². The smallest absolute Gasteiger partial charge is 0.319 e. The van der Waals surface area contributed by atoms with Gasteiger partial charge in [0.25, 0.3) is 5.91 Å². The topological polar surface area (TPSA) is 90.5 Å². The van der Waals surface area contributed by atoms with Gasteiger partial charge in [-0.2, -0.15) is 0 Å². The molecule has 6 heteroatoms. The number of fused-ring (bicyclic) bond motifs is 1. The van der Waals surface area contributed by atoms with E-state index in [1.165, 1.54) is 14.1 Å². The zero-order valence-electron chi connectivity index (χ0n) is 11.1. The van der Waals surface area contributed by atoms with Crippen LogP contribution in [0.3, 0.4) is 0 Å². The summed E-state index contributed by atoms with van der Waals surface area (Å²) < 4.78 is 0. The molecule has 0 aliphatic heterocycles. The number of aromatic nitrogens is 1. The van der Waals surface area contributed by atoms with Gasteiger partial charge < -0.3 is 15.0 Å². The Balaban J connectivity index is 2.54. The zero-order chi connectivity index (χ0) is 14.9. The Morgan fingerprint density at radius 3 is 2.50 bits per heavy atom. The molecule has 1 amide bonds. The van der Waals surface area contributed by atoms with E-state index >= 15 is 0 Å². The molecular weight excluding hydrogens is 260 g/mol. The number of carboxylic acid groups (broad SMARTS) is 1. The molecule has 2 rings (SSSR count). The lowest BCUT2D eigenvalue weighted by atomic mass is 9.91. The number of nitrogens with one attached hydrogen (secondary N) is 1. The number of nitrogens with zero attached hydrogens (tertiary/aromatic N) is 1. The minimum atomic E-state index is -1.50. The van der Waals surface area contributed by atoms with E-state index in [0.717, 1.165) is 10.4 Å². The highest BCUT2D eigenvalue weighted by Gasteiger charge is 2.35. The molecule has 0 saturated carbocycles. The number of aliphatic carboxylic acids is 1. The number of hydrogen-bond donors (Lipinski definition) is 2. The van der Waals surface area contributed by atoms with Crippen LogP contribution in [0, 0.1) is 0 Å². The molecule has 0 aliphatic rings. The highest BCUT2D eigenvalue weighted by Crippen LogP contribution is 2.26. The van der Waals surface area contributed by atoms with E-state index in [0.29, 0.717) is 10.9 Å². The number of amides is 1. The van der Waals surface area contributed by atoms with Crippen molar-refractivity contribution in [1.82, 2.24) is 9.88 Å². The lowest BCUT2D eigenvalue weighted by Gasteiger charge is -2.15. The van der Waals surface area contributed by atoms with Gasteiger partial charge in [0.2, 0.25) is 5.78 Å². The first kappa shape index (κ1) is 13.8. The number of aromatic amines is 1. The number of likely N-dealkylation sites (N-methyl/N-ethyl adjacent to an activating group) is 1. The maximum Gasteiger partial charge on any atom is 0.319 e. The third kappa shape index (κ3) is 2.27. The van der Waals surface area contributed by atoms with Crippen molar-refractivity contribution in [2.24, 2.45) is 0 Å². The van der Waals surface area contributed by atoms with Crippen molar-refractivity contribution in [3.63, 3.8) is 0 Å². The van der Waals surface area contributed by atoms with Gasteiger partial charge in [-0.25, -0.2) is 0 Å². The van der Waals surface area contributed by atoms with Crippen LogP contribution in [0.5, 0.6) is 0 Å². The molecule has 1 atom stereocenters. The molecule has 0 saturated heterocycles. The summed E-state index contributed by atoms with van der Waals surface area (Å²) in [7, 11) is 2.83. The fourth-order valence-electron chi connectivity index (χ4n) is 2.09. The molecule has 6 nitrogen and oxygen atoms in total. The lowest BCUT2D eigenvalue weighted by Crippen LogP contribution is -2.36. The van der Waals surface area contributed by atoms with E-state index < -0.39 is 23.6 Å².